The Labute approximate surface area is 133 Å². The number of carboxylic acids is 1. The fourth-order valence-corrected chi connectivity index (χ4v) is 4.64. The molecular weight excluding hydrogens is 351 g/mol. The number of carboxylic acid groups (broad SMARTS) is 1. The van der Waals surface area contributed by atoms with E-state index in [9.17, 15) is 26.0 Å². The molecule has 1 aromatic rings. The minimum absolute atomic E-state index is 0.0118. The molecule has 1 heterocycles. The van der Waals surface area contributed by atoms with Gasteiger partial charge in [0.15, 0.2) is 0 Å². The fourth-order valence-electron chi connectivity index (χ4n) is 2.39. The maximum absolute atomic E-state index is 14.1. The molecule has 8 nitrogen and oxygen atoms in total. The normalized spacial score (nSPS) is 19.7. The zero-order chi connectivity index (χ0) is 17.4. The molecule has 0 aliphatic carbocycles. The topological polar surface area (TPSA) is 121 Å². The first-order chi connectivity index (χ1) is 10.5. The van der Waals surface area contributed by atoms with E-state index in [1.165, 1.54) is 0 Å². The van der Waals surface area contributed by atoms with E-state index in [0.29, 0.717) is 6.42 Å². The van der Waals surface area contributed by atoms with Gasteiger partial charge < -0.3 is 5.11 Å². The predicted molar refractivity (Wildman–Crippen MR) is 79.4 cm³/mol. The van der Waals surface area contributed by atoms with Crippen molar-refractivity contribution >= 4 is 31.7 Å². The summed E-state index contributed by atoms with van der Waals surface area (Å²) in [5, 5.41) is 9.06. The molecule has 1 saturated heterocycles. The van der Waals surface area contributed by atoms with Gasteiger partial charge in [0.2, 0.25) is 20.0 Å². The highest BCUT2D eigenvalue weighted by Crippen LogP contribution is 2.29. The predicted octanol–water partition coefficient (Wildman–Crippen LogP) is 0.435. The molecule has 0 aromatic heterocycles. The van der Waals surface area contributed by atoms with E-state index in [2.05, 4.69) is 0 Å². The second-order valence-electron chi connectivity index (χ2n) is 5.13. The van der Waals surface area contributed by atoms with Crippen LogP contribution in [0.15, 0.2) is 23.1 Å². The van der Waals surface area contributed by atoms with E-state index in [1.54, 1.807) is 0 Å². The number of benzene rings is 1. The van der Waals surface area contributed by atoms with Crippen LogP contribution in [0, 0.1) is 5.82 Å². The Balaban J connectivity index is 2.39. The van der Waals surface area contributed by atoms with Crippen LogP contribution < -0.4 is 4.72 Å². The van der Waals surface area contributed by atoms with Gasteiger partial charge >= 0.3 is 5.97 Å². The Bertz CT molecular complexity index is 837. The number of rotatable bonds is 5. The maximum Gasteiger partial charge on any atom is 0.322 e. The van der Waals surface area contributed by atoms with Crippen molar-refractivity contribution in [3.05, 3.63) is 24.0 Å². The SMILES string of the molecule is CS(=O)(=O)Nc1ccc(S(=O)(=O)N2CCC[C@@H]2C(=O)O)c(F)c1. The first-order valence-electron chi connectivity index (χ1n) is 6.54. The zero-order valence-electron chi connectivity index (χ0n) is 12.1. The quantitative estimate of drug-likeness (QED) is 0.780. The Morgan fingerprint density at radius 2 is 2.00 bits per heavy atom. The zero-order valence-corrected chi connectivity index (χ0v) is 13.7. The second kappa shape index (κ2) is 6.06. The monoisotopic (exact) mass is 366 g/mol. The number of carbonyl (C=O) groups is 1. The summed E-state index contributed by atoms with van der Waals surface area (Å²) in [5.41, 5.74) is -0.125. The number of halogens is 1. The van der Waals surface area contributed by atoms with E-state index < -0.39 is 42.8 Å². The van der Waals surface area contributed by atoms with E-state index in [1.807, 2.05) is 4.72 Å². The molecule has 23 heavy (non-hydrogen) atoms. The standard InChI is InChI=1S/C12H15FN2O6S2/c1-22(18,19)14-8-4-5-11(9(13)7-8)23(20,21)15-6-2-3-10(15)12(16)17/h4-5,7,10,14H,2-3,6H2,1H3,(H,16,17)/t10-/m1/s1. The highest BCUT2D eigenvalue weighted by Gasteiger charge is 2.40. The van der Waals surface area contributed by atoms with Crippen molar-refractivity contribution in [2.24, 2.45) is 0 Å². The summed E-state index contributed by atoms with van der Waals surface area (Å²) in [6.45, 7) is -0.0118. The van der Waals surface area contributed by atoms with Gasteiger partial charge in [-0.3, -0.25) is 9.52 Å². The number of nitrogens with one attached hydrogen (secondary N) is 1. The Hall–Kier alpha value is -1.72. The average molecular weight is 366 g/mol. The smallest absolute Gasteiger partial charge is 0.322 e. The Morgan fingerprint density at radius 3 is 2.52 bits per heavy atom. The van der Waals surface area contributed by atoms with Crippen LogP contribution in [0.25, 0.3) is 0 Å². The van der Waals surface area contributed by atoms with Crippen LogP contribution in [0.5, 0.6) is 0 Å². The van der Waals surface area contributed by atoms with Gasteiger partial charge in [0.1, 0.15) is 16.8 Å². The van der Waals surface area contributed by atoms with Crippen LogP contribution in [-0.4, -0.2) is 51.1 Å². The summed E-state index contributed by atoms with van der Waals surface area (Å²) in [5.74, 6) is -2.45. The second-order valence-corrected chi connectivity index (χ2v) is 8.74. The fraction of sp³-hybridized carbons (Fsp3) is 0.417. The first kappa shape index (κ1) is 17.6. The van der Waals surface area contributed by atoms with Crippen molar-refractivity contribution in [1.29, 1.82) is 0 Å². The van der Waals surface area contributed by atoms with Gasteiger partial charge in [-0.1, -0.05) is 0 Å². The van der Waals surface area contributed by atoms with Gasteiger partial charge in [0, 0.05) is 6.54 Å². The van der Waals surface area contributed by atoms with Crippen LogP contribution in [0.1, 0.15) is 12.8 Å². The molecule has 128 valence electrons. The number of nitrogens with zero attached hydrogens (tertiary/aromatic N) is 1. The highest BCUT2D eigenvalue weighted by molar-refractivity contribution is 7.92. The van der Waals surface area contributed by atoms with Crippen molar-refractivity contribution in [1.82, 2.24) is 4.31 Å². The minimum atomic E-state index is -4.32. The number of hydrogen-bond donors (Lipinski definition) is 2. The molecule has 2 rings (SSSR count). The molecule has 0 saturated carbocycles. The molecule has 0 radical (unpaired) electrons. The van der Waals surface area contributed by atoms with Crippen molar-refractivity contribution in [2.45, 2.75) is 23.8 Å². The van der Waals surface area contributed by atoms with E-state index in [4.69, 9.17) is 5.11 Å². The summed E-state index contributed by atoms with van der Waals surface area (Å²) in [4.78, 5) is 10.4. The molecule has 11 heteroatoms. The van der Waals surface area contributed by atoms with Crippen LogP contribution in [0.4, 0.5) is 10.1 Å². The van der Waals surface area contributed by atoms with E-state index in [0.717, 1.165) is 28.8 Å². The lowest BCUT2D eigenvalue weighted by Gasteiger charge is -2.21. The number of aliphatic carboxylic acids is 1. The van der Waals surface area contributed by atoms with Crippen molar-refractivity contribution in [3.8, 4) is 0 Å². The average Bonchev–Trinajstić information content (AvgIpc) is 2.86. The molecule has 1 atom stereocenters. The summed E-state index contributed by atoms with van der Waals surface area (Å²) in [6, 6.07) is 1.52. The van der Waals surface area contributed by atoms with Crippen LogP contribution in [0.3, 0.4) is 0 Å². The van der Waals surface area contributed by atoms with Crippen LogP contribution in [0.2, 0.25) is 0 Å². The van der Waals surface area contributed by atoms with Gasteiger partial charge in [-0.25, -0.2) is 21.2 Å². The molecule has 1 aliphatic heterocycles. The van der Waals surface area contributed by atoms with Crippen molar-refractivity contribution in [3.63, 3.8) is 0 Å². The van der Waals surface area contributed by atoms with Crippen molar-refractivity contribution < 1.29 is 31.1 Å². The third kappa shape index (κ3) is 3.79. The van der Waals surface area contributed by atoms with E-state index >= 15 is 0 Å². The lowest BCUT2D eigenvalue weighted by molar-refractivity contribution is -0.140. The molecule has 0 bridgehead atoms. The van der Waals surface area contributed by atoms with Crippen LogP contribution in [-0.2, 0) is 24.8 Å². The largest absolute Gasteiger partial charge is 0.480 e. The molecular formula is C12H15FN2O6S2. The molecule has 0 amide bonds. The van der Waals surface area contributed by atoms with Crippen molar-refractivity contribution in [2.75, 3.05) is 17.5 Å². The number of sulfonamides is 2. The molecule has 1 aliphatic rings. The van der Waals surface area contributed by atoms with Crippen LogP contribution >= 0.6 is 0 Å². The number of hydrogen-bond acceptors (Lipinski definition) is 5. The molecule has 0 spiro atoms. The first-order valence-corrected chi connectivity index (χ1v) is 9.87. The van der Waals surface area contributed by atoms with Gasteiger partial charge in [0.05, 0.1) is 11.9 Å². The minimum Gasteiger partial charge on any atom is -0.480 e. The maximum atomic E-state index is 14.1. The third-order valence-electron chi connectivity index (χ3n) is 3.31. The van der Waals surface area contributed by atoms with Gasteiger partial charge in [-0.05, 0) is 31.0 Å². The van der Waals surface area contributed by atoms with Gasteiger partial charge in [0.25, 0.3) is 0 Å². The lowest BCUT2D eigenvalue weighted by atomic mass is 10.2. The van der Waals surface area contributed by atoms with Gasteiger partial charge in [-0.15, -0.1) is 0 Å². The number of anilines is 1. The molecule has 1 fully saturated rings. The molecule has 0 unspecified atom stereocenters. The van der Waals surface area contributed by atoms with Gasteiger partial charge in [-0.2, -0.15) is 4.31 Å². The van der Waals surface area contributed by atoms with E-state index in [-0.39, 0.29) is 18.7 Å². The molecule has 2 N–H and O–H groups in total. The summed E-state index contributed by atoms with van der Waals surface area (Å²) < 4.78 is 64.0. The summed E-state index contributed by atoms with van der Waals surface area (Å²) in [7, 11) is -7.96. The Morgan fingerprint density at radius 1 is 1.35 bits per heavy atom. The lowest BCUT2D eigenvalue weighted by Crippen LogP contribution is -2.40. The third-order valence-corrected chi connectivity index (χ3v) is 5.86. The molecule has 1 aromatic carbocycles. The highest BCUT2D eigenvalue weighted by atomic mass is 32.2. The summed E-state index contributed by atoms with van der Waals surface area (Å²) >= 11 is 0. The Kier molecular flexibility index (Phi) is 4.64. The summed E-state index contributed by atoms with van der Waals surface area (Å²) in [6.07, 6.45) is 1.40.